The highest BCUT2D eigenvalue weighted by molar-refractivity contribution is 5.81. The van der Waals surface area contributed by atoms with Crippen LogP contribution in [0.15, 0.2) is 74.6 Å². The smallest absolute Gasteiger partial charge is 0.153 e. The van der Waals surface area contributed by atoms with Crippen LogP contribution in [0.3, 0.4) is 0 Å². The fraction of sp³-hybridized carbons (Fsp3) is 0.511. The normalized spacial score (nSPS) is 10.9. The molecule has 1 atom stereocenters. The van der Waals surface area contributed by atoms with Crippen LogP contribution in [-0.2, 0) is 15.8 Å². The maximum atomic E-state index is 11.5. The zero-order chi connectivity index (χ0) is 39.3. The first-order valence-corrected chi connectivity index (χ1v) is 18.4. The van der Waals surface area contributed by atoms with Crippen molar-refractivity contribution in [2.75, 3.05) is 13.2 Å². The van der Waals surface area contributed by atoms with Crippen LogP contribution in [0.2, 0.25) is 0 Å². The molecular formula is C45H72O5. The summed E-state index contributed by atoms with van der Waals surface area (Å²) in [6, 6.07) is 7.76. The molecule has 1 unspecified atom stereocenters. The Bertz CT molecular complexity index is 1280. The molecule has 0 heterocycles. The summed E-state index contributed by atoms with van der Waals surface area (Å²) >= 11 is 0. The van der Waals surface area contributed by atoms with Crippen LogP contribution in [0.1, 0.15) is 152 Å². The van der Waals surface area contributed by atoms with Gasteiger partial charge in [-0.3, -0.25) is 9.59 Å². The summed E-state index contributed by atoms with van der Waals surface area (Å²) in [6.45, 7) is 40.3. The van der Waals surface area contributed by atoms with Gasteiger partial charge in [0.1, 0.15) is 30.3 Å². The fourth-order valence-corrected chi connectivity index (χ4v) is 4.89. The Morgan fingerprint density at radius 3 is 1.50 bits per heavy atom. The van der Waals surface area contributed by atoms with E-state index in [4.69, 9.17) is 14.2 Å². The van der Waals surface area contributed by atoms with E-state index in [0.717, 1.165) is 47.7 Å². The third-order valence-electron chi connectivity index (χ3n) is 7.05. The van der Waals surface area contributed by atoms with Crippen LogP contribution < -0.4 is 9.47 Å². The molecule has 0 aliphatic heterocycles. The van der Waals surface area contributed by atoms with Gasteiger partial charge in [0.15, 0.2) is 12.6 Å². The summed E-state index contributed by atoms with van der Waals surface area (Å²) in [5.74, 6) is 1.84. The Labute approximate surface area is 307 Å². The van der Waals surface area contributed by atoms with Gasteiger partial charge in [0, 0.05) is 11.1 Å². The van der Waals surface area contributed by atoms with Crippen molar-refractivity contribution in [3.8, 4) is 11.5 Å². The summed E-state index contributed by atoms with van der Waals surface area (Å²) in [7, 11) is 0. The standard InChI is InChI=1S/C24H34O3.C15H20O2.3C2H6/c1-7-11-20(12-8-2)13-10-15-27-24(5,6)22-17-19(4)16-21(18-25)23(22)26-14-9-3;1-6-7-17-14-12(10-16)8-11(2)9-13(14)15(3,4)5;3*1-2/h7,9-10,15-18,20H,1,3,8,11-14H2,2,4-6H3;6,8-10H,1,7H2,2-5H3;3*1-2H3. The molecule has 0 saturated heterocycles. The zero-order valence-corrected chi connectivity index (χ0v) is 34.3. The van der Waals surface area contributed by atoms with Gasteiger partial charge in [0.25, 0.3) is 0 Å². The van der Waals surface area contributed by atoms with E-state index < -0.39 is 5.60 Å². The molecule has 2 aromatic rings. The Morgan fingerprint density at radius 2 is 1.12 bits per heavy atom. The number of carbonyl (C=O) groups is 2. The summed E-state index contributed by atoms with van der Waals surface area (Å²) in [5, 5.41) is 0. The van der Waals surface area contributed by atoms with Gasteiger partial charge in [-0.05, 0) is 87.3 Å². The molecule has 0 N–H and O–H groups in total. The number of hydrogen-bond donors (Lipinski definition) is 0. The second kappa shape index (κ2) is 28.9. The summed E-state index contributed by atoms with van der Waals surface area (Å²) < 4.78 is 17.5. The minimum absolute atomic E-state index is 0.0553. The average Bonchev–Trinajstić information content (AvgIpc) is 3.10. The van der Waals surface area contributed by atoms with Gasteiger partial charge < -0.3 is 14.2 Å². The van der Waals surface area contributed by atoms with Crippen molar-refractivity contribution in [2.45, 2.75) is 134 Å². The molecule has 50 heavy (non-hydrogen) atoms. The maximum Gasteiger partial charge on any atom is 0.153 e. The highest BCUT2D eigenvalue weighted by Crippen LogP contribution is 2.37. The van der Waals surface area contributed by atoms with Gasteiger partial charge in [-0.15, -0.1) is 6.58 Å². The summed E-state index contributed by atoms with van der Waals surface area (Å²) in [4.78, 5) is 22.6. The highest BCUT2D eigenvalue weighted by atomic mass is 16.5. The molecular weight excluding hydrogens is 620 g/mol. The third kappa shape index (κ3) is 18.8. The Hall–Kier alpha value is -3.86. The lowest BCUT2D eigenvalue weighted by Crippen LogP contribution is -2.21. The fourth-order valence-electron chi connectivity index (χ4n) is 4.89. The molecule has 0 aliphatic carbocycles. The largest absolute Gasteiger partial charge is 0.491 e. The van der Waals surface area contributed by atoms with Crippen LogP contribution >= 0.6 is 0 Å². The van der Waals surface area contributed by atoms with Gasteiger partial charge in [-0.1, -0.05) is 120 Å². The maximum absolute atomic E-state index is 11.5. The first-order chi connectivity index (χ1) is 23.8. The van der Waals surface area contributed by atoms with E-state index in [0.29, 0.717) is 41.8 Å². The molecule has 5 heteroatoms. The predicted octanol–water partition coefficient (Wildman–Crippen LogP) is 13.3. The Balaban J connectivity index is -0.000000823. The second-order valence-corrected chi connectivity index (χ2v) is 12.6. The molecule has 2 aromatic carbocycles. The van der Waals surface area contributed by atoms with Crippen molar-refractivity contribution in [3.05, 3.63) is 108 Å². The van der Waals surface area contributed by atoms with Crippen LogP contribution in [0.4, 0.5) is 0 Å². The number of benzene rings is 2. The molecule has 0 radical (unpaired) electrons. The van der Waals surface area contributed by atoms with Gasteiger partial charge in [-0.25, -0.2) is 0 Å². The minimum atomic E-state index is -0.629. The number of rotatable bonds is 17. The van der Waals surface area contributed by atoms with E-state index in [1.54, 1.807) is 18.4 Å². The van der Waals surface area contributed by atoms with E-state index in [2.05, 4.69) is 59.6 Å². The number of allylic oxidation sites excluding steroid dienone is 2. The van der Waals surface area contributed by atoms with E-state index in [1.807, 2.05) is 93.5 Å². The average molecular weight is 693 g/mol. The number of aryl methyl sites for hydroxylation is 2. The van der Waals surface area contributed by atoms with Crippen molar-refractivity contribution in [1.29, 1.82) is 0 Å². The number of hydrogen-bond acceptors (Lipinski definition) is 5. The van der Waals surface area contributed by atoms with Gasteiger partial charge in [0.2, 0.25) is 0 Å². The first-order valence-electron chi connectivity index (χ1n) is 18.4. The molecule has 0 bridgehead atoms. The molecule has 5 nitrogen and oxygen atoms in total. The van der Waals surface area contributed by atoms with Crippen molar-refractivity contribution >= 4 is 12.6 Å². The number of carbonyl (C=O) groups excluding carboxylic acids is 2. The van der Waals surface area contributed by atoms with E-state index in [1.165, 1.54) is 12.8 Å². The zero-order valence-electron chi connectivity index (χ0n) is 34.3. The molecule has 282 valence electrons. The second-order valence-electron chi connectivity index (χ2n) is 12.6. The van der Waals surface area contributed by atoms with Crippen molar-refractivity contribution < 1.29 is 23.8 Å². The number of ether oxygens (including phenoxy) is 3. The monoisotopic (exact) mass is 693 g/mol. The molecule has 0 amide bonds. The van der Waals surface area contributed by atoms with E-state index >= 15 is 0 Å². The van der Waals surface area contributed by atoms with Crippen LogP contribution in [0, 0.1) is 19.8 Å². The highest BCUT2D eigenvalue weighted by Gasteiger charge is 2.28. The molecule has 0 aromatic heterocycles. The number of aldehydes is 2. The van der Waals surface area contributed by atoms with E-state index in [9.17, 15) is 9.59 Å². The van der Waals surface area contributed by atoms with Crippen LogP contribution in [0.5, 0.6) is 11.5 Å². The summed E-state index contributed by atoms with van der Waals surface area (Å²) in [6.07, 6.45) is 15.2. The quantitative estimate of drug-likeness (QED) is 0.0938. The van der Waals surface area contributed by atoms with Crippen molar-refractivity contribution in [2.24, 2.45) is 5.92 Å². The van der Waals surface area contributed by atoms with Crippen molar-refractivity contribution in [3.63, 3.8) is 0 Å². The minimum Gasteiger partial charge on any atom is -0.491 e. The molecule has 0 saturated carbocycles. The van der Waals surface area contributed by atoms with Crippen LogP contribution in [-0.4, -0.2) is 25.8 Å². The predicted molar refractivity (Wildman–Crippen MR) is 218 cm³/mol. The first kappa shape index (κ1) is 50.5. The Morgan fingerprint density at radius 1 is 0.680 bits per heavy atom. The third-order valence-corrected chi connectivity index (χ3v) is 7.05. The Kier molecular flexibility index (Phi) is 29.2. The summed E-state index contributed by atoms with van der Waals surface area (Å²) in [5.41, 5.74) is 4.43. The van der Waals surface area contributed by atoms with E-state index in [-0.39, 0.29) is 5.41 Å². The molecule has 0 fully saturated rings. The van der Waals surface area contributed by atoms with Gasteiger partial charge in [0.05, 0.1) is 17.4 Å². The van der Waals surface area contributed by atoms with Crippen molar-refractivity contribution in [1.82, 2.24) is 0 Å². The SMILES string of the molecule is C=CCOc1c(C=O)cc(C)cc1C(C)(C)C.C=CCOc1c(C=O)cc(C)cc1C(C)(C)OC=CCC(CC=C)CCC.CC.CC.CC. The molecule has 2 rings (SSSR count). The van der Waals surface area contributed by atoms with Crippen LogP contribution in [0.25, 0.3) is 0 Å². The lowest BCUT2D eigenvalue weighted by atomic mass is 9.84. The topological polar surface area (TPSA) is 61.8 Å². The van der Waals surface area contributed by atoms with Gasteiger partial charge >= 0.3 is 0 Å². The lowest BCUT2D eigenvalue weighted by molar-refractivity contribution is 0.0516. The molecule has 0 spiro atoms. The molecule has 0 aliphatic rings. The van der Waals surface area contributed by atoms with Gasteiger partial charge in [-0.2, -0.15) is 0 Å². The lowest BCUT2D eigenvalue weighted by Gasteiger charge is -2.28.